The van der Waals surface area contributed by atoms with Crippen LogP contribution in [0.25, 0.3) is 6.08 Å². The summed E-state index contributed by atoms with van der Waals surface area (Å²) in [5, 5.41) is 2.78. The smallest absolute Gasteiger partial charge is 0.248 e. The molecule has 1 amide bonds. The molecule has 108 valence electrons. The van der Waals surface area contributed by atoms with Crippen molar-refractivity contribution in [3.05, 3.63) is 60.2 Å². The molecule has 2 rings (SSSR count). The fourth-order valence-electron chi connectivity index (χ4n) is 1.80. The number of nitrogens with one attached hydrogen (secondary N) is 1. The lowest BCUT2D eigenvalue weighted by Gasteiger charge is -2.08. The summed E-state index contributed by atoms with van der Waals surface area (Å²) in [6.07, 6.45) is 3.24. The van der Waals surface area contributed by atoms with Gasteiger partial charge in [-0.1, -0.05) is 30.3 Å². The number of amides is 1. The average Bonchev–Trinajstić information content (AvgIpc) is 2.53. The summed E-state index contributed by atoms with van der Waals surface area (Å²) in [4.78, 5) is 11.9. The van der Waals surface area contributed by atoms with E-state index in [1.165, 1.54) is 6.08 Å². The fraction of sp³-hybridized carbons (Fsp3) is 0.118. The minimum Gasteiger partial charge on any atom is -0.497 e. The number of methoxy groups -OCH3 is 2. The summed E-state index contributed by atoms with van der Waals surface area (Å²) >= 11 is 0. The maximum absolute atomic E-state index is 11.9. The van der Waals surface area contributed by atoms with Gasteiger partial charge in [-0.25, -0.2) is 0 Å². The summed E-state index contributed by atoms with van der Waals surface area (Å²) in [6.45, 7) is 0. The maximum Gasteiger partial charge on any atom is 0.248 e. The van der Waals surface area contributed by atoms with Gasteiger partial charge < -0.3 is 14.8 Å². The van der Waals surface area contributed by atoms with Gasteiger partial charge in [0.25, 0.3) is 0 Å². The predicted molar refractivity (Wildman–Crippen MR) is 83.7 cm³/mol. The van der Waals surface area contributed by atoms with Crippen LogP contribution in [0.2, 0.25) is 0 Å². The highest BCUT2D eigenvalue weighted by molar-refractivity contribution is 6.02. The van der Waals surface area contributed by atoms with E-state index in [9.17, 15) is 4.79 Å². The molecule has 0 saturated heterocycles. The van der Waals surface area contributed by atoms with Crippen molar-refractivity contribution in [3.8, 4) is 11.5 Å². The molecular weight excluding hydrogens is 266 g/mol. The van der Waals surface area contributed by atoms with Gasteiger partial charge in [0.2, 0.25) is 5.91 Å². The van der Waals surface area contributed by atoms with Gasteiger partial charge in [0.05, 0.1) is 14.2 Å². The van der Waals surface area contributed by atoms with E-state index in [1.54, 1.807) is 38.5 Å². The van der Waals surface area contributed by atoms with Crippen LogP contribution in [0.1, 0.15) is 5.56 Å². The van der Waals surface area contributed by atoms with Gasteiger partial charge in [-0.2, -0.15) is 0 Å². The first-order chi connectivity index (χ1) is 10.2. The zero-order chi connectivity index (χ0) is 15.1. The number of rotatable bonds is 5. The first-order valence-corrected chi connectivity index (χ1v) is 6.48. The number of ether oxygens (including phenoxy) is 2. The van der Waals surface area contributed by atoms with Crippen molar-refractivity contribution in [3.63, 3.8) is 0 Å². The van der Waals surface area contributed by atoms with Crippen LogP contribution in [0.15, 0.2) is 54.6 Å². The number of carbonyl (C=O) groups excluding carboxylic acids is 1. The Labute approximate surface area is 124 Å². The van der Waals surface area contributed by atoms with E-state index < -0.39 is 0 Å². The molecule has 0 saturated carbocycles. The molecular formula is C17H17NO3. The second kappa shape index (κ2) is 7.14. The Morgan fingerprint density at radius 3 is 2.19 bits per heavy atom. The molecule has 1 N–H and O–H groups in total. The Bertz CT molecular complexity index is 613. The van der Waals surface area contributed by atoms with E-state index in [2.05, 4.69) is 5.32 Å². The quantitative estimate of drug-likeness (QED) is 0.856. The van der Waals surface area contributed by atoms with Crippen molar-refractivity contribution in [1.82, 2.24) is 0 Å². The molecule has 0 spiro atoms. The van der Waals surface area contributed by atoms with Crippen LogP contribution in [-0.2, 0) is 4.79 Å². The van der Waals surface area contributed by atoms with Crippen molar-refractivity contribution in [2.24, 2.45) is 0 Å². The molecule has 0 aliphatic carbocycles. The summed E-state index contributed by atoms with van der Waals surface area (Å²) in [7, 11) is 3.13. The molecule has 0 aliphatic rings. The molecule has 4 nitrogen and oxygen atoms in total. The molecule has 0 aromatic heterocycles. The van der Waals surface area contributed by atoms with Gasteiger partial charge in [-0.15, -0.1) is 0 Å². The Kier molecular flexibility index (Phi) is 4.99. The molecule has 0 bridgehead atoms. The summed E-state index contributed by atoms with van der Waals surface area (Å²) in [5.41, 5.74) is 1.59. The molecule has 0 unspecified atom stereocenters. The lowest BCUT2D eigenvalue weighted by Crippen LogP contribution is -2.08. The highest BCUT2D eigenvalue weighted by Crippen LogP contribution is 2.25. The molecule has 21 heavy (non-hydrogen) atoms. The van der Waals surface area contributed by atoms with Gasteiger partial charge in [-0.3, -0.25) is 4.79 Å². The number of anilines is 1. The average molecular weight is 283 g/mol. The minimum absolute atomic E-state index is 0.214. The third-order valence-electron chi connectivity index (χ3n) is 2.85. The van der Waals surface area contributed by atoms with Crippen molar-refractivity contribution >= 4 is 17.7 Å². The molecule has 2 aromatic rings. The maximum atomic E-state index is 11.9. The highest BCUT2D eigenvalue weighted by atomic mass is 16.5. The van der Waals surface area contributed by atoms with Crippen LogP contribution >= 0.6 is 0 Å². The Morgan fingerprint density at radius 1 is 1.00 bits per heavy atom. The SMILES string of the molecule is COc1cc(NC(=O)/C=C/c2ccccc2)cc(OC)c1. The number of hydrogen-bond donors (Lipinski definition) is 1. The minimum atomic E-state index is -0.214. The van der Waals surface area contributed by atoms with Crippen LogP contribution in [0.4, 0.5) is 5.69 Å². The van der Waals surface area contributed by atoms with E-state index in [-0.39, 0.29) is 5.91 Å². The topological polar surface area (TPSA) is 47.6 Å². The molecule has 0 radical (unpaired) electrons. The third kappa shape index (κ3) is 4.38. The van der Waals surface area contributed by atoms with Crippen molar-refractivity contribution in [1.29, 1.82) is 0 Å². The second-order valence-corrected chi connectivity index (χ2v) is 4.33. The van der Waals surface area contributed by atoms with Gasteiger partial charge >= 0.3 is 0 Å². The first kappa shape index (κ1) is 14.7. The zero-order valence-electron chi connectivity index (χ0n) is 12.0. The molecule has 0 aliphatic heterocycles. The van der Waals surface area contributed by atoms with E-state index in [0.29, 0.717) is 17.2 Å². The predicted octanol–water partition coefficient (Wildman–Crippen LogP) is 3.36. The third-order valence-corrected chi connectivity index (χ3v) is 2.85. The zero-order valence-corrected chi connectivity index (χ0v) is 12.0. The van der Waals surface area contributed by atoms with Crippen LogP contribution < -0.4 is 14.8 Å². The second-order valence-electron chi connectivity index (χ2n) is 4.33. The van der Waals surface area contributed by atoms with E-state index in [4.69, 9.17) is 9.47 Å². The van der Waals surface area contributed by atoms with Crippen molar-refractivity contribution < 1.29 is 14.3 Å². The molecule has 0 fully saturated rings. The normalized spacial score (nSPS) is 10.4. The van der Waals surface area contributed by atoms with Gasteiger partial charge in [0.15, 0.2) is 0 Å². The van der Waals surface area contributed by atoms with E-state index in [0.717, 1.165) is 5.56 Å². The summed E-state index contributed by atoms with van der Waals surface area (Å²) < 4.78 is 10.3. The largest absolute Gasteiger partial charge is 0.497 e. The van der Waals surface area contributed by atoms with Crippen LogP contribution in [-0.4, -0.2) is 20.1 Å². The highest BCUT2D eigenvalue weighted by Gasteiger charge is 2.04. The lowest BCUT2D eigenvalue weighted by atomic mass is 10.2. The van der Waals surface area contributed by atoms with Crippen LogP contribution in [0.5, 0.6) is 11.5 Å². The fourth-order valence-corrected chi connectivity index (χ4v) is 1.80. The molecule has 0 atom stereocenters. The standard InChI is InChI=1S/C17H17NO3/c1-20-15-10-14(11-16(12-15)21-2)18-17(19)9-8-13-6-4-3-5-7-13/h3-12H,1-2H3,(H,18,19)/b9-8+. The monoisotopic (exact) mass is 283 g/mol. The molecule has 0 heterocycles. The molecule has 2 aromatic carbocycles. The molecule has 4 heteroatoms. The first-order valence-electron chi connectivity index (χ1n) is 6.48. The van der Waals surface area contributed by atoms with Crippen LogP contribution in [0, 0.1) is 0 Å². The van der Waals surface area contributed by atoms with Crippen molar-refractivity contribution in [2.75, 3.05) is 19.5 Å². The van der Waals surface area contributed by atoms with Gasteiger partial charge in [0.1, 0.15) is 11.5 Å². The van der Waals surface area contributed by atoms with Crippen molar-refractivity contribution in [2.45, 2.75) is 0 Å². The summed E-state index contributed by atoms with van der Waals surface area (Å²) in [6, 6.07) is 14.8. The lowest BCUT2D eigenvalue weighted by molar-refractivity contribution is -0.111. The van der Waals surface area contributed by atoms with E-state index in [1.807, 2.05) is 30.3 Å². The Balaban J connectivity index is 2.07. The number of benzene rings is 2. The number of hydrogen-bond acceptors (Lipinski definition) is 3. The Hall–Kier alpha value is -2.75. The summed E-state index contributed by atoms with van der Waals surface area (Å²) in [5.74, 6) is 1.03. The van der Waals surface area contributed by atoms with Crippen LogP contribution in [0.3, 0.4) is 0 Å². The number of carbonyl (C=O) groups is 1. The van der Waals surface area contributed by atoms with Gasteiger partial charge in [0, 0.05) is 30.0 Å². The Morgan fingerprint density at radius 2 is 1.62 bits per heavy atom. The van der Waals surface area contributed by atoms with Gasteiger partial charge in [-0.05, 0) is 11.6 Å². The van der Waals surface area contributed by atoms with E-state index >= 15 is 0 Å².